The first-order valence-electron chi connectivity index (χ1n) is 3.30. The monoisotopic (exact) mass is 217 g/mol. The highest BCUT2D eigenvalue weighted by atomic mass is 79.9. The second kappa shape index (κ2) is 4.31. The first kappa shape index (κ1) is 8.50. The molecule has 1 aliphatic rings. The molecule has 0 unspecified atom stereocenters. The molecule has 0 atom stereocenters. The quantitative estimate of drug-likeness (QED) is 0.604. The molecule has 0 aromatic heterocycles. The van der Waals surface area contributed by atoms with E-state index in [1.807, 2.05) is 11.1 Å². The SMILES string of the molecule is N#C/C(Br)=N/N1CCOCC1. The number of nitrogens with zero attached hydrogens (tertiary/aromatic N) is 3. The fourth-order valence-electron chi connectivity index (χ4n) is 0.800. The van der Waals surface area contributed by atoms with Gasteiger partial charge in [-0.25, -0.2) is 0 Å². The van der Waals surface area contributed by atoms with Crippen molar-refractivity contribution in [3.05, 3.63) is 0 Å². The zero-order valence-electron chi connectivity index (χ0n) is 5.96. The Kier molecular flexibility index (Phi) is 3.33. The molecule has 1 aliphatic heterocycles. The third kappa shape index (κ3) is 2.87. The average molecular weight is 218 g/mol. The van der Waals surface area contributed by atoms with Crippen LogP contribution in [-0.4, -0.2) is 35.9 Å². The number of morpholine rings is 1. The summed E-state index contributed by atoms with van der Waals surface area (Å²) < 4.78 is 5.42. The molecular weight excluding hydrogens is 210 g/mol. The van der Waals surface area contributed by atoms with E-state index in [-0.39, 0.29) is 0 Å². The van der Waals surface area contributed by atoms with Crippen LogP contribution in [0, 0.1) is 11.3 Å². The van der Waals surface area contributed by atoms with E-state index in [4.69, 9.17) is 10.00 Å². The fourth-order valence-corrected chi connectivity index (χ4v) is 1.02. The topological polar surface area (TPSA) is 48.6 Å². The Bertz CT molecular complexity index is 192. The number of halogens is 1. The van der Waals surface area contributed by atoms with E-state index in [1.54, 1.807) is 0 Å². The summed E-state index contributed by atoms with van der Waals surface area (Å²) in [6.07, 6.45) is 0. The van der Waals surface area contributed by atoms with Gasteiger partial charge in [0.15, 0.2) is 0 Å². The maximum absolute atomic E-state index is 8.38. The van der Waals surface area contributed by atoms with Gasteiger partial charge in [-0.1, -0.05) is 0 Å². The Labute approximate surface area is 73.6 Å². The zero-order valence-corrected chi connectivity index (χ0v) is 7.54. The van der Waals surface area contributed by atoms with Crippen molar-refractivity contribution < 1.29 is 4.74 Å². The maximum Gasteiger partial charge on any atom is 0.202 e. The van der Waals surface area contributed by atoms with Gasteiger partial charge in [0.05, 0.1) is 26.3 Å². The molecule has 5 heteroatoms. The van der Waals surface area contributed by atoms with Gasteiger partial charge in [-0.2, -0.15) is 10.4 Å². The highest BCUT2D eigenvalue weighted by Gasteiger charge is 2.07. The van der Waals surface area contributed by atoms with Crippen LogP contribution in [0.25, 0.3) is 0 Å². The lowest BCUT2D eigenvalue weighted by Crippen LogP contribution is -2.32. The van der Waals surface area contributed by atoms with Crippen LogP contribution in [-0.2, 0) is 4.74 Å². The standard InChI is InChI=1S/C6H8BrN3O/c7-6(5-8)9-10-1-3-11-4-2-10/h1-4H2/b9-6-. The van der Waals surface area contributed by atoms with Crippen molar-refractivity contribution >= 4 is 20.6 Å². The van der Waals surface area contributed by atoms with Crippen LogP contribution in [0.3, 0.4) is 0 Å². The van der Waals surface area contributed by atoms with Crippen molar-refractivity contribution in [2.24, 2.45) is 5.10 Å². The minimum atomic E-state index is 0.319. The van der Waals surface area contributed by atoms with Gasteiger partial charge < -0.3 is 4.74 Å². The van der Waals surface area contributed by atoms with Crippen LogP contribution < -0.4 is 0 Å². The van der Waals surface area contributed by atoms with Crippen LogP contribution in [0.15, 0.2) is 5.10 Å². The van der Waals surface area contributed by atoms with Crippen molar-refractivity contribution in [2.75, 3.05) is 26.3 Å². The van der Waals surface area contributed by atoms with Crippen molar-refractivity contribution in [2.45, 2.75) is 0 Å². The third-order valence-corrected chi connectivity index (χ3v) is 1.64. The lowest BCUT2D eigenvalue weighted by molar-refractivity contribution is 0.0396. The molecule has 0 spiro atoms. The van der Waals surface area contributed by atoms with Gasteiger partial charge in [0.2, 0.25) is 4.62 Å². The van der Waals surface area contributed by atoms with E-state index in [0.717, 1.165) is 13.1 Å². The largest absolute Gasteiger partial charge is 0.378 e. The van der Waals surface area contributed by atoms with E-state index < -0.39 is 0 Å². The summed E-state index contributed by atoms with van der Waals surface area (Å²) in [5, 5.41) is 14.2. The van der Waals surface area contributed by atoms with Gasteiger partial charge in [0, 0.05) is 0 Å². The minimum Gasteiger partial charge on any atom is -0.378 e. The Morgan fingerprint density at radius 1 is 1.55 bits per heavy atom. The van der Waals surface area contributed by atoms with Crippen LogP contribution in [0.2, 0.25) is 0 Å². The van der Waals surface area contributed by atoms with Crippen LogP contribution in [0.5, 0.6) is 0 Å². The van der Waals surface area contributed by atoms with Crippen molar-refractivity contribution in [3.8, 4) is 6.07 Å². The Morgan fingerprint density at radius 2 is 2.18 bits per heavy atom. The summed E-state index contributed by atoms with van der Waals surface area (Å²) >= 11 is 3.02. The molecule has 11 heavy (non-hydrogen) atoms. The molecule has 0 bridgehead atoms. The van der Waals surface area contributed by atoms with E-state index in [9.17, 15) is 0 Å². The molecule has 0 aliphatic carbocycles. The molecule has 0 amide bonds. The average Bonchev–Trinajstić information content (AvgIpc) is 2.06. The number of hydrazone groups is 1. The van der Waals surface area contributed by atoms with Crippen molar-refractivity contribution in [1.29, 1.82) is 5.26 Å². The first-order chi connectivity index (χ1) is 5.33. The first-order valence-corrected chi connectivity index (χ1v) is 4.09. The summed E-state index contributed by atoms with van der Waals surface area (Å²) in [6.45, 7) is 2.90. The highest BCUT2D eigenvalue weighted by molar-refractivity contribution is 9.18. The second-order valence-corrected chi connectivity index (χ2v) is 2.82. The normalized spacial score (nSPS) is 19.6. The lowest BCUT2D eigenvalue weighted by atomic mass is 10.5. The van der Waals surface area contributed by atoms with E-state index >= 15 is 0 Å². The van der Waals surface area contributed by atoms with Gasteiger partial charge >= 0.3 is 0 Å². The van der Waals surface area contributed by atoms with E-state index in [2.05, 4.69) is 21.0 Å². The molecule has 1 fully saturated rings. The van der Waals surface area contributed by atoms with Gasteiger partial charge in [-0.05, 0) is 15.9 Å². The summed E-state index contributed by atoms with van der Waals surface area (Å²) in [6, 6.07) is 1.90. The van der Waals surface area contributed by atoms with E-state index in [1.165, 1.54) is 0 Å². The third-order valence-electron chi connectivity index (χ3n) is 1.31. The molecule has 1 heterocycles. The lowest BCUT2D eigenvalue weighted by Gasteiger charge is -2.23. The number of rotatable bonds is 1. The molecule has 0 radical (unpaired) electrons. The van der Waals surface area contributed by atoms with Gasteiger partial charge in [-0.3, -0.25) is 5.01 Å². The summed E-state index contributed by atoms with van der Waals surface area (Å²) in [4.78, 5) is 0. The number of hydrogen-bond donors (Lipinski definition) is 0. The second-order valence-electron chi connectivity index (χ2n) is 2.07. The van der Waals surface area contributed by atoms with Crippen LogP contribution in [0.4, 0.5) is 0 Å². The smallest absolute Gasteiger partial charge is 0.202 e. The van der Waals surface area contributed by atoms with Gasteiger partial charge in [0.25, 0.3) is 0 Å². The zero-order chi connectivity index (χ0) is 8.10. The Morgan fingerprint density at radius 3 is 2.73 bits per heavy atom. The number of ether oxygens (including phenoxy) is 1. The molecule has 1 saturated heterocycles. The molecule has 1 rings (SSSR count). The van der Waals surface area contributed by atoms with Gasteiger partial charge in [-0.15, -0.1) is 0 Å². The Balaban J connectivity index is 2.42. The van der Waals surface area contributed by atoms with Crippen molar-refractivity contribution in [1.82, 2.24) is 5.01 Å². The fraction of sp³-hybridized carbons (Fsp3) is 0.667. The molecule has 0 saturated carbocycles. The predicted octanol–water partition coefficient (Wildman–Crippen LogP) is 0.551. The molecule has 60 valence electrons. The summed E-state index contributed by atoms with van der Waals surface area (Å²) in [5.74, 6) is 0. The maximum atomic E-state index is 8.38. The predicted molar refractivity (Wildman–Crippen MR) is 44.4 cm³/mol. The van der Waals surface area contributed by atoms with Crippen LogP contribution in [0.1, 0.15) is 0 Å². The molecule has 0 aromatic rings. The molecule has 4 nitrogen and oxygen atoms in total. The van der Waals surface area contributed by atoms with Gasteiger partial charge in [0.1, 0.15) is 6.07 Å². The number of hydrogen-bond acceptors (Lipinski definition) is 4. The number of nitriles is 1. The van der Waals surface area contributed by atoms with E-state index in [0.29, 0.717) is 17.8 Å². The molecule has 0 N–H and O–H groups in total. The summed E-state index contributed by atoms with van der Waals surface area (Å²) in [7, 11) is 0. The highest BCUT2D eigenvalue weighted by Crippen LogP contribution is 1.99. The Hall–Kier alpha value is -0.600. The van der Waals surface area contributed by atoms with Crippen LogP contribution >= 0.6 is 15.9 Å². The molecular formula is C6H8BrN3O. The summed E-state index contributed by atoms with van der Waals surface area (Å²) in [5.41, 5.74) is 0. The minimum absolute atomic E-state index is 0.319. The van der Waals surface area contributed by atoms with Crippen molar-refractivity contribution in [3.63, 3.8) is 0 Å². The molecule has 0 aromatic carbocycles.